The number of carbonyl (C=O) groups excluding carboxylic acids is 1. The first-order chi connectivity index (χ1) is 16.1. The molecule has 0 saturated heterocycles. The number of nitrogens with one attached hydrogen (secondary N) is 1. The Morgan fingerprint density at radius 3 is 2.09 bits per heavy atom. The molecule has 1 N–H and O–H groups in total. The second kappa shape index (κ2) is 8.04. The number of hydrogen-bond acceptors (Lipinski definition) is 2. The molecule has 33 heavy (non-hydrogen) atoms. The van der Waals surface area contributed by atoms with Crippen LogP contribution in [-0.4, -0.2) is 5.91 Å². The summed E-state index contributed by atoms with van der Waals surface area (Å²) >= 11 is 8.42. The maximum atomic E-state index is 14.0. The second-order valence-electron chi connectivity index (χ2n) is 8.12. The van der Waals surface area contributed by atoms with Gasteiger partial charge in [-0.05, 0) is 92.7 Å². The van der Waals surface area contributed by atoms with Crippen LogP contribution in [0.2, 0.25) is 5.02 Å². The molecule has 0 fully saturated rings. The fourth-order valence-electron chi connectivity index (χ4n) is 4.69. The molecule has 3 nitrogen and oxygen atoms in total. The molecule has 0 bridgehead atoms. The number of carbonyl (C=O) groups is 1. The highest BCUT2D eigenvalue weighted by atomic mass is 127. The predicted molar refractivity (Wildman–Crippen MR) is 145 cm³/mol. The Morgan fingerprint density at radius 2 is 1.42 bits per heavy atom. The van der Waals surface area contributed by atoms with Gasteiger partial charge in [-0.15, -0.1) is 0 Å². The standard InChI is InChI=1S/C28H18ClIN2O/c29-19-9-12-21(13-10-19)32-27(31-25-14-11-20(30)16-24(25)28(32)33)26-22-7-3-1-5-17(22)15-18-6-2-4-8-23(18)26/h1-16,27,31H/t27-/m1/s1. The van der Waals surface area contributed by atoms with Crippen LogP contribution in [0.1, 0.15) is 22.1 Å². The molecule has 5 aromatic rings. The van der Waals surface area contributed by atoms with Gasteiger partial charge in [0.25, 0.3) is 5.91 Å². The summed E-state index contributed by atoms with van der Waals surface area (Å²) in [5.74, 6) is -0.0356. The Labute approximate surface area is 210 Å². The van der Waals surface area contributed by atoms with Crippen molar-refractivity contribution in [2.75, 3.05) is 10.2 Å². The normalized spacial score (nSPS) is 15.5. The summed E-state index contributed by atoms with van der Waals surface area (Å²) in [6.45, 7) is 0. The van der Waals surface area contributed by atoms with Crippen LogP contribution in [0.25, 0.3) is 21.5 Å². The quantitative estimate of drug-likeness (QED) is 0.175. The van der Waals surface area contributed by atoms with Crippen molar-refractivity contribution in [3.05, 3.63) is 117 Å². The highest BCUT2D eigenvalue weighted by Crippen LogP contribution is 2.42. The van der Waals surface area contributed by atoms with Gasteiger partial charge in [-0.1, -0.05) is 60.1 Å². The van der Waals surface area contributed by atoms with E-state index in [0.29, 0.717) is 10.6 Å². The number of hydrogen-bond donors (Lipinski definition) is 1. The van der Waals surface area contributed by atoms with Crippen molar-refractivity contribution in [3.8, 4) is 0 Å². The fourth-order valence-corrected chi connectivity index (χ4v) is 5.31. The number of halogens is 2. The summed E-state index contributed by atoms with van der Waals surface area (Å²) in [5, 5.41) is 8.85. The Morgan fingerprint density at radius 1 is 0.788 bits per heavy atom. The molecule has 0 unspecified atom stereocenters. The first-order valence-electron chi connectivity index (χ1n) is 10.7. The third kappa shape index (κ3) is 3.45. The smallest absolute Gasteiger partial charge is 0.262 e. The van der Waals surface area contributed by atoms with Crippen LogP contribution in [-0.2, 0) is 0 Å². The van der Waals surface area contributed by atoms with Gasteiger partial charge in [-0.25, -0.2) is 0 Å². The van der Waals surface area contributed by atoms with E-state index in [2.05, 4.69) is 70.4 Å². The van der Waals surface area contributed by atoms with E-state index in [1.807, 2.05) is 59.5 Å². The first-order valence-corrected chi connectivity index (χ1v) is 12.1. The molecule has 1 aliphatic rings. The van der Waals surface area contributed by atoms with Crippen molar-refractivity contribution in [1.82, 2.24) is 0 Å². The van der Waals surface area contributed by atoms with Crippen molar-refractivity contribution >= 4 is 73.0 Å². The molecule has 1 atom stereocenters. The number of benzene rings is 5. The van der Waals surface area contributed by atoms with Gasteiger partial charge in [-0.3, -0.25) is 9.69 Å². The molecule has 0 aromatic heterocycles. The molecule has 5 aromatic carbocycles. The molecule has 5 heteroatoms. The molecule has 1 amide bonds. The van der Waals surface area contributed by atoms with Gasteiger partial charge in [0.05, 0.1) is 5.56 Å². The molecule has 160 valence electrons. The summed E-state index contributed by atoms with van der Waals surface area (Å²) < 4.78 is 1.02. The Bertz CT molecular complexity index is 1490. The molecule has 1 heterocycles. The highest BCUT2D eigenvalue weighted by molar-refractivity contribution is 14.1. The molecule has 0 aliphatic carbocycles. The first kappa shape index (κ1) is 20.5. The van der Waals surface area contributed by atoms with Gasteiger partial charge in [0, 0.05) is 25.5 Å². The van der Waals surface area contributed by atoms with Crippen LogP contribution in [0.5, 0.6) is 0 Å². The summed E-state index contributed by atoms with van der Waals surface area (Å²) in [6, 6.07) is 32.3. The van der Waals surface area contributed by atoms with Gasteiger partial charge in [0.1, 0.15) is 6.17 Å². The van der Waals surface area contributed by atoms with Crippen LogP contribution in [0.15, 0.2) is 97.1 Å². The lowest BCUT2D eigenvalue weighted by Crippen LogP contribution is -2.43. The number of anilines is 2. The minimum Gasteiger partial charge on any atom is -0.360 e. The molecular formula is C28H18ClIN2O. The van der Waals surface area contributed by atoms with E-state index in [1.54, 1.807) is 0 Å². The van der Waals surface area contributed by atoms with Crippen LogP contribution in [0.3, 0.4) is 0 Å². The summed E-state index contributed by atoms with van der Waals surface area (Å²) in [5.41, 5.74) is 3.38. The van der Waals surface area contributed by atoms with Crippen LogP contribution >= 0.6 is 34.2 Å². The average Bonchev–Trinajstić information content (AvgIpc) is 2.84. The van der Waals surface area contributed by atoms with Crippen molar-refractivity contribution in [2.24, 2.45) is 0 Å². The third-order valence-electron chi connectivity index (χ3n) is 6.17. The summed E-state index contributed by atoms with van der Waals surface area (Å²) in [6.07, 6.45) is -0.387. The minimum absolute atomic E-state index is 0.0356. The van der Waals surface area contributed by atoms with Crippen molar-refractivity contribution in [2.45, 2.75) is 6.17 Å². The molecule has 6 rings (SSSR count). The van der Waals surface area contributed by atoms with Crippen LogP contribution < -0.4 is 10.2 Å². The second-order valence-corrected chi connectivity index (χ2v) is 9.80. The number of rotatable bonds is 2. The third-order valence-corrected chi connectivity index (χ3v) is 7.10. The van der Waals surface area contributed by atoms with E-state index < -0.39 is 0 Å². The molecular weight excluding hydrogens is 543 g/mol. The number of nitrogens with zero attached hydrogens (tertiary/aromatic N) is 1. The zero-order valence-electron chi connectivity index (χ0n) is 17.4. The number of amides is 1. The largest absolute Gasteiger partial charge is 0.360 e. The van der Waals surface area contributed by atoms with E-state index in [1.165, 1.54) is 0 Å². The van der Waals surface area contributed by atoms with Gasteiger partial charge >= 0.3 is 0 Å². The molecule has 0 radical (unpaired) electrons. The lowest BCUT2D eigenvalue weighted by Gasteiger charge is -2.39. The molecule has 1 aliphatic heterocycles. The summed E-state index contributed by atoms with van der Waals surface area (Å²) in [4.78, 5) is 15.8. The van der Waals surface area contributed by atoms with Crippen molar-refractivity contribution in [3.63, 3.8) is 0 Å². The lowest BCUT2D eigenvalue weighted by molar-refractivity contribution is 0.0975. The van der Waals surface area contributed by atoms with Crippen molar-refractivity contribution < 1.29 is 4.79 Å². The zero-order valence-corrected chi connectivity index (χ0v) is 20.3. The fraction of sp³-hybridized carbons (Fsp3) is 0.0357. The van der Waals surface area contributed by atoms with Gasteiger partial charge in [0.15, 0.2) is 0 Å². The van der Waals surface area contributed by atoms with E-state index in [4.69, 9.17) is 11.6 Å². The summed E-state index contributed by atoms with van der Waals surface area (Å²) in [7, 11) is 0. The van der Waals surface area contributed by atoms with Crippen LogP contribution in [0, 0.1) is 3.57 Å². The van der Waals surface area contributed by atoms with Crippen molar-refractivity contribution in [1.29, 1.82) is 0 Å². The Balaban J connectivity index is 1.67. The molecule has 0 spiro atoms. The maximum absolute atomic E-state index is 14.0. The Hall–Kier alpha value is -3.09. The van der Waals surface area contributed by atoms with Gasteiger partial charge in [-0.2, -0.15) is 0 Å². The topological polar surface area (TPSA) is 32.3 Å². The van der Waals surface area contributed by atoms with Gasteiger partial charge < -0.3 is 5.32 Å². The van der Waals surface area contributed by atoms with E-state index >= 15 is 0 Å². The van der Waals surface area contributed by atoms with E-state index in [-0.39, 0.29) is 12.1 Å². The average molecular weight is 561 g/mol. The van der Waals surface area contributed by atoms with Crippen LogP contribution in [0.4, 0.5) is 11.4 Å². The monoisotopic (exact) mass is 560 g/mol. The lowest BCUT2D eigenvalue weighted by atomic mass is 9.92. The van der Waals surface area contributed by atoms with E-state index in [9.17, 15) is 4.79 Å². The SMILES string of the molecule is O=C1c2cc(I)ccc2N[C@@H](c2c3ccccc3cc3ccccc23)N1c1ccc(Cl)cc1. The highest BCUT2D eigenvalue weighted by Gasteiger charge is 2.36. The van der Waals surface area contributed by atoms with Gasteiger partial charge in [0.2, 0.25) is 0 Å². The van der Waals surface area contributed by atoms with E-state index in [0.717, 1.165) is 42.1 Å². The predicted octanol–water partition coefficient (Wildman–Crippen LogP) is 8.02. The Kier molecular flexibility index (Phi) is 5.00. The molecule has 0 saturated carbocycles. The zero-order chi connectivity index (χ0) is 22.5. The maximum Gasteiger partial charge on any atom is 0.262 e. The minimum atomic E-state index is -0.387. The number of fused-ring (bicyclic) bond motifs is 3.